The molecule has 6 nitrogen and oxygen atoms in total. The molecule has 1 aliphatic rings. The van der Waals surface area contributed by atoms with Gasteiger partial charge in [-0.25, -0.2) is 4.98 Å². The quantitative estimate of drug-likeness (QED) is 0.438. The third kappa shape index (κ3) is 4.21. The monoisotopic (exact) mass is 438 g/mol. The van der Waals surface area contributed by atoms with Crippen molar-refractivity contribution in [1.29, 1.82) is 0 Å². The van der Waals surface area contributed by atoms with Crippen LogP contribution in [-0.2, 0) is 24.3 Å². The molecule has 0 fully saturated rings. The Hall–Kier alpha value is -4.03. The molecule has 0 spiro atoms. The molecule has 6 heteroatoms. The van der Waals surface area contributed by atoms with Gasteiger partial charge >= 0.3 is 0 Å². The third-order valence-electron chi connectivity index (χ3n) is 5.83. The van der Waals surface area contributed by atoms with Crippen LogP contribution in [0.4, 0.5) is 0 Å². The number of ether oxygens (including phenoxy) is 1. The Kier molecular flexibility index (Phi) is 5.59. The van der Waals surface area contributed by atoms with Crippen LogP contribution < -0.4 is 0 Å². The zero-order valence-electron chi connectivity index (χ0n) is 17.8. The lowest BCUT2D eigenvalue weighted by molar-refractivity contribution is 0.0334. The highest BCUT2D eigenvalue weighted by Gasteiger charge is 2.39. The normalized spacial score (nSPS) is 13.5. The average Bonchev–Trinajstić information content (AvgIpc) is 3.31. The molecule has 0 saturated carbocycles. The second-order valence-corrected chi connectivity index (χ2v) is 8.06. The lowest BCUT2D eigenvalue weighted by atomic mass is 10.1. The summed E-state index contributed by atoms with van der Waals surface area (Å²) in [5, 5.41) is 9.83. The molecule has 0 bridgehead atoms. The Morgan fingerprint density at radius 1 is 0.848 bits per heavy atom. The predicted molar refractivity (Wildman–Crippen MR) is 122 cm³/mol. The van der Waals surface area contributed by atoms with E-state index in [2.05, 4.69) is 4.98 Å². The number of aromatic nitrogens is 2. The van der Waals surface area contributed by atoms with E-state index in [4.69, 9.17) is 4.74 Å². The number of phenolic OH excluding ortho intramolecular Hbond substituents is 1. The van der Waals surface area contributed by atoms with Crippen molar-refractivity contribution in [3.8, 4) is 5.75 Å². The molecule has 5 rings (SSSR count). The fourth-order valence-electron chi connectivity index (χ4n) is 4.17. The van der Waals surface area contributed by atoms with Gasteiger partial charge in [-0.2, -0.15) is 0 Å². The predicted octanol–water partition coefficient (Wildman–Crippen LogP) is 4.19. The van der Waals surface area contributed by atoms with Crippen LogP contribution in [0.3, 0.4) is 0 Å². The van der Waals surface area contributed by atoms with E-state index in [9.17, 15) is 14.7 Å². The Morgan fingerprint density at radius 3 is 2.21 bits per heavy atom. The molecule has 0 unspecified atom stereocenters. The van der Waals surface area contributed by atoms with E-state index in [1.54, 1.807) is 48.8 Å². The maximum atomic E-state index is 12.8. The summed E-state index contributed by atoms with van der Waals surface area (Å²) in [5.41, 5.74) is 4.42. The van der Waals surface area contributed by atoms with Crippen molar-refractivity contribution in [3.63, 3.8) is 0 Å². The largest absolute Gasteiger partial charge is 0.508 e. The van der Waals surface area contributed by atoms with E-state index >= 15 is 0 Å². The van der Waals surface area contributed by atoms with Crippen molar-refractivity contribution < 1.29 is 19.4 Å². The van der Waals surface area contributed by atoms with Gasteiger partial charge in [-0.3, -0.25) is 9.59 Å². The van der Waals surface area contributed by atoms with E-state index in [0.29, 0.717) is 24.1 Å². The van der Waals surface area contributed by atoms with Crippen molar-refractivity contribution in [3.05, 3.63) is 119 Å². The molecule has 164 valence electrons. The van der Waals surface area contributed by atoms with Crippen molar-refractivity contribution in [2.75, 3.05) is 0 Å². The van der Waals surface area contributed by atoms with Gasteiger partial charge in [0.1, 0.15) is 5.75 Å². The molecule has 1 aromatic heterocycles. The Bertz CT molecular complexity index is 1290. The van der Waals surface area contributed by atoms with Gasteiger partial charge in [-0.1, -0.05) is 66.7 Å². The highest BCUT2D eigenvalue weighted by molar-refractivity contribution is 6.28. The van der Waals surface area contributed by atoms with E-state index in [1.165, 1.54) is 0 Å². The number of carbonyl (C=O) groups excluding carboxylic acids is 2. The molecule has 3 aromatic carbocycles. The molecular weight excluding hydrogens is 416 g/mol. The maximum Gasteiger partial charge on any atom is 0.200 e. The van der Waals surface area contributed by atoms with Crippen LogP contribution >= 0.6 is 0 Å². The van der Waals surface area contributed by atoms with Gasteiger partial charge in [0.05, 0.1) is 24.3 Å². The van der Waals surface area contributed by atoms with Gasteiger partial charge in [-0.05, 0) is 23.3 Å². The number of benzene rings is 3. The minimum atomic E-state index is -1.14. The summed E-state index contributed by atoms with van der Waals surface area (Å²) in [7, 11) is 0. The molecule has 0 amide bonds. The number of nitrogens with zero attached hydrogens (tertiary/aromatic N) is 2. The number of Topliss-reactive ketones (excluding diaryl/α,β-unsaturated/α-hetero) is 2. The fourth-order valence-corrected chi connectivity index (χ4v) is 4.17. The van der Waals surface area contributed by atoms with Crippen molar-refractivity contribution in [2.24, 2.45) is 0 Å². The first-order valence-corrected chi connectivity index (χ1v) is 10.7. The zero-order chi connectivity index (χ0) is 22.8. The van der Waals surface area contributed by atoms with Crippen LogP contribution in [0.1, 0.15) is 43.2 Å². The van der Waals surface area contributed by atoms with Gasteiger partial charge in [-0.15, -0.1) is 0 Å². The summed E-state index contributed by atoms with van der Waals surface area (Å²) >= 11 is 0. The molecule has 1 N–H and O–H groups in total. The molecule has 1 aliphatic carbocycles. The van der Waals surface area contributed by atoms with Crippen LogP contribution in [0.5, 0.6) is 5.75 Å². The summed E-state index contributed by atoms with van der Waals surface area (Å²) in [6.07, 6.45) is 1.18. The molecular formula is C27H22N2O4. The number of carbonyl (C=O) groups is 2. The van der Waals surface area contributed by atoms with Gasteiger partial charge < -0.3 is 14.4 Å². The highest BCUT2D eigenvalue weighted by Crippen LogP contribution is 2.26. The third-order valence-corrected chi connectivity index (χ3v) is 5.83. The van der Waals surface area contributed by atoms with Gasteiger partial charge in [0.25, 0.3) is 0 Å². The molecule has 0 saturated heterocycles. The number of hydrogen-bond acceptors (Lipinski definition) is 5. The Balaban J connectivity index is 1.42. The first-order chi connectivity index (χ1) is 16.1. The summed E-state index contributed by atoms with van der Waals surface area (Å²) in [6, 6.07) is 23.8. The zero-order valence-corrected chi connectivity index (χ0v) is 17.8. The first kappa shape index (κ1) is 20.8. The van der Waals surface area contributed by atoms with E-state index in [0.717, 1.165) is 22.5 Å². The molecule has 0 atom stereocenters. The van der Waals surface area contributed by atoms with Gasteiger partial charge in [0, 0.05) is 24.1 Å². The minimum absolute atomic E-state index is 0.0666. The molecule has 1 heterocycles. The molecule has 0 aliphatic heterocycles. The molecule has 4 aromatic rings. The summed E-state index contributed by atoms with van der Waals surface area (Å²) in [4.78, 5) is 30.1. The lowest BCUT2D eigenvalue weighted by Gasteiger charge is -2.14. The van der Waals surface area contributed by atoms with Crippen LogP contribution in [0, 0.1) is 0 Å². The van der Waals surface area contributed by atoms with Crippen LogP contribution in [-0.4, -0.2) is 32.3 Å². The Morgan fingerprint density at radius 2 is 1.52 bits per heavy atom. The second kappa shape index (κ2) is 8.84. The highest BCUT2D eigenvalue weighted by atomic mass is 16.5. The smallest absolute Gasteiger partial charge is 0.200 e. The van der Waals surface area contributed by atoms with Gasteiger partial charge in [0.15, 0.2) is 17.7 Å². The van der Waals surface area contributed by atoms with E-state index in [-0.39, 0.29) is 23.9 Å². The van der Waals surface area contributed by atoms with E-state index in [1.807, 2.05) is 41.0 Å². The van der Waals surface area contributed by atoms with Crippen LogP contribution in [0.15, 0.2) is 85.2 Å². The SMILES string of the molecule is O=C1c2ccccc2C(=O)C1OCc1c(Cc2ccccc2)ncn1Cc1cccc(O)c1. The van der Waals surface area contributed by atoms with E-state index < -0.39 is 6.10 Å². The average molecular weight is 438 g/mol. The van der Waals surface area contributed by atoms with Gasteiger partial charge in [0.2, 0.25) is 0 Å². The number of phenols is 1. The maximum absolute atomic E-state index is 12.8. The van der Waals surface area contributed by atoms with Crippen molar-refractivity contribution in [1.82, 2.24) is 9.55 Å². The number of fused-ring (bicyclic) bond motifs is 1. The number of imidazole rings is 1. The Labute approximate surface area is 191 Å². The second-order valence-electron chi connectivity index (χ2n) is 8.06. The molecule has 0 radical (unpaired) electrons. The molecule has 33 heavy (non-hydrogen) atoms. The summed E-state index contributed by atoms with van der Waals surface area (Å²) in [5.74, 6) is -0.423. The summed E-state index contributed by atoms with van der Waals surface area (Å²) < 4.78 is 7.86. The van der Waals surface area contributed by atoms with Crippen molar-refractivity contribution in [2.45, 2.75) is 25.7 Å². The number of rotatable bonds is 7. The first-order valence-electron chi connectivity index (χ1n) is 10.7. The number of hydrogen-bond donors (Lipinski definition) is 1. The number of ketones is 2. The topological polar surface area (TPSA) is 81.4 Å². The van der Waals surface area contributed by atoms with Crippen LogP contribution in [0.2, 0.25) is 0 Å². The standard InChI is InChI=1S/C27H22N2O4/c30-20-10-6-9-19(13-20)15-29-17-28-23(14-18-7-2-1-3-8-18)24(29)16-33-27-25(31)21-11-4-5-12-22(21)26(27)32/h1-13,17,27,30H,14-16H2. The fraction of sp³-hybridized carbons (Fsp3) is 0.148. The summed E-state index contributed by atoms with van der Waals surface area (Å²) in [6.45, 7) is 0.540. The van der Waals surface area contributed by atoms with Crippen LogP contribution in [0.25, 0.3) is 0 Å². The lowest BCUT2D eigenvalue weighted by Crippen LogP contribution is -2.26. The number of aromatic hydroxyl groups is 1. The minimum Gasteiger partial charge on any atom is -0.508 e. The van der Waals surface area contributed by atoms with Crippen molar-refractivity contribution >= 4 is 11.6 Å².